The van der Waals surface area contributed by atoms with Crippen LogP contribution in [0.3, 0.4) is 0 Å². The van der Waals surface area contributed by atoms with Crippen molar-refractivity contribution in [3.8, 4) is 5.75 Å². The summed E-state index contributed by atoms with van der Waals surface area (Å²) in [5.74, 6) is 0.123. The molecule has 0 saturated carbocycles. The second-order valence-corrected chi connectivity index (χ2v) is 7.69. The number of carbonyl (C=O) groups excluding carboxylic acids is 1. The number of fused-ring (bicyclic) bond motifs is 1. The zero-order valence-electron chi connectivity index (χ0n) is 15.9. The Balaban J connectivity index is 1.55. The molecule has 1 N–H and O–H groups in total. The van der Waals surface area contributed by atoms with E-state index in [0.717, 1.165) is 20.8 Å². The van der Waals surface area contributed by atoms with Gasteiger partial charge in [-0.2, -0.15) is 13.2 Å². The summed E-state index contributed by atoms with van der Waals surface area (Å²) in [6.07, 6.45) is -4.38. The van der Waals surface area contributed by atoms with Crippen molar-refractivity contribution in [2.24, 2.45) is 0 Å². The highest BCUT2D eigenvalue weighted by Gasteiger charge is 2.28. The summed E-state index contributed by atoms with van der Waals surface area (Å²) >= 11 is 1.54. The van der Waals surface area contributed by atoms with Crippen LogP contribution in [0.4, 0.5) is 18.0 Å². The number of urea groups is 1. The lowest BCUT2D eigenvalue weighted by atomic mass is 10.1. The molecule has 0 fully saturated rings. The van der Waals surface area contributed by atoms with Crippen molar-refractivity contribution in [1.29, 1.82) is 0 Å². The number of hydrogen-bond acceptors (Lipinski definition) is 4. The van der Waals surface area contributed by atoms with Crippen LogP contribution in [0.2, 0.25) is 0 Å². The number of nitrogens with one attached hydrogen (secondary N) is 1. The van der Waals surface area contributed by atoms with Gasteiger partial charge in [-0.25, -0.2) is 9.78 Å². The summed E-state index contributed by atoms with van der Waals surface area (Å²) in [6, 6.07) is 13.4. The summed E-state index contributed by atoms with van der Waals surface area (Å²) in [5, 5.41) is 3.70. The first kappa shape index (κ1) is 20.9. The summed E-state index contributed by atoms with van der Waals surface area (Å²) < 4.78 is 42.4. The first-order valence-electron chi connectivity index (χ1n) is 8.87. The molecule has 3 rings (SSSR count). The molecule has 0 aliphatic rings. The van der Waals surface area contributed by atoms with Crippen molar-refractivity contribution < 1.29 is 22.7 Å². The number of rotatable bonds is 6. The van der Waals surface area contributed by atoms with Crippen molar-refractivity contribution in [2.45, 2.75) is 25.7 Å². The first-order chi connectivity index (χ1) is 13.7. The van der Waals surface area contributed by atoms with Gasteiger partial charge >= 0.3 is 12.2 Å². The number of benzene rings is 2. The van der Waals surface area contributed by atoms with Gasteiger partial charge in [0.05, 0.1) is 22.8 Å². The second-order valence-electron chi connectivity index (χ2n) is 6.58. The second kappa shape index (κ2) is 8.69. The lowest BCUT2D eigenvalue weighted by Gasteiger charge is -2.21. The maximum absolute atomic E-state index is 12.5. The third-order valence-corrected chi connectivity index (χ3v) is 5.20. The number of para-hydroxylation sites is 1. The molecule has 154 valence electrons. The lowest BCUT2D eigenvalue weighted by Crippen LogP contribution is -2.38. The molecule has 0 spiro atoms. The standard InChI is InChI=1S/C20H20F3N3O2S/c1-13(14-7-9-15(10-8-14)28-12-20(21,22)23)24-19(27)26(2)11-18-25-16-5-3-4-6-17(16)29-18/h3-10,13H,11-12H2,1-2H3,(H,24,27). The van der Waals surface area contributed by atoms with Gasteiger partial charge in [0.2, 0.25) is 0 Å². The van der Waals surface area contributed by atoms with E-state index in [0.29, 0.717) is 6.54 Å². The molecule has 1 unspecified atom stereocenters. The normalized spacial score (nSPS) is 12.6. The molecule has 1 aromatic heterocycles. The van der Waals surface area contributed by atoms with Crippen LogP contribution in [0.1, 0.15) is 23.5 Å². The Morgan fingerprint density at radius 1 is 1.21 bits per heavy atom. The van der Waals surface area contributed by atoms with Gasteiger partial charge in [0.1, 0.15) is 10.8 Å². The van der Waals surface area contributed by atoms with Crippen LogP contribution in [0.15, 0.2) is 48.5 Å². The van der Waals surface area contributed by atoms with Crippen molar-refractivity contribution in [1.82, 2.24) is 15.2 Å². The van der Waals surface area contributed by atoms with Crippen LogP contribution in [0.5, 0.6) is 5.75 Å². The first-order valence-corrected chi connectivity index (χ1v) is 9.68. The molecule has 0 aliphatic carbocycles. The number of carbonyl (C=O) groups is 1. The molecule has 2 aromatic carbocycles. The van der Waals surface area contributed by atoms with Gasteiger partial charge in [-0.15, -0.1) is 11.3 Å². The Kier molecular flexibility index (Phi) is 6.26. The largest absolute Gasteiger partial charge is 0.484 e. The molecular weight excluding hydrogens is 403 g/mol. The van der Waals surface area contributed by atoms with E-state index < -0.39 is 12.8 Å². The molecule has 9 heteroatoms. The van der Waals surface area contributed by atoms with Crippen molar-refractivity contribution in [2.75, 3.05) is 13.7 Å². The van der Waals surface area contributed by atoms with Gasteiger partial charge in [-0.3, -0.25) is 0 Å². The summed E-state index contributed by atoms with van der Waals surface area (Å²) in [5.41, 5.74) is 1.66. The van der Waals surface area contributed by atoms with Gasteiger partial charge < -0.3 is 15.0 Å². The Morgan fingerprint density at radius 2 is 1.90 bits per heavy atom. The van der Waals surface area contributed by atoms with Gasteiger partial charge in [0.25, 0.3) is 0 Å². The highest BCUT2D eigenvalue weighted by Crippen LogP contribution is 2.23. The molecule has 0 bridgehead atoms. The van der Waals surface area contributed by atoms with Crippen LogP contribution < -0.4 is 10.1 Å². The molecule has 2 amide bonds. The Morgan fingerprint density at radius 3 is 2.55 bits per heavy atom. The molecule has 0 radical (unpaired) electrons. The Hall–Kier alpha value is -2.81. The van der Waals surface area contributed by atoms with Crippen molar-refractivity contribution >= 4 is 27.6 Å². The Bertz CT molecular complexity index is 940. The maximum Gasteiger partial charge on any atom is 0.422 e. The fraction of sp³-hybridized carbons (Fsp3) is 0.300. The van der Waals surface area contributed by atoms with E-state index in [-0.39, 0.29) is 17.8 Å². The van der Waals surface area contributed by atoms with E-state index in [1.807, 2.05) is 24.3 Å². The average molecular weight is 423 g/mol. The number of ether oxygens (including phenoxy) is 1. The van der Waals surface area contributed by atoms with Crippen molar-refractivity contribution in [3.63, 3.8) is 0 Å². The van der Waals surface area contributed by atoms with Gasteiger partial charge in [0, 0.05) is 7.05 Å². The third kappa shape index (κ3) is 5.83. The summed E-state index contributed by atoms with van der Waals surface area (Å²) in [4.78, 5) is 18.5. The smallest absolute Gasteiger partial charge is 0.422 e. The molecule has 1 heterocycles. The SMILES string of the molecule is CC(NC(=O)N(C)Cc1nc2ccccc2s1)c1ccc(OCC(F)(F)F)cc1. The predicted molar refractivity (Wildman–Crippen MR) is 106 cm³/mol. The zero-order chi connectivity index (χ0) is 21.0. The molecule has 3 aromatic rings. The number of amides is 2. The number of alkyl halides is 3. The van der Waals surface area contributed by atoms with E-state index in [2.05, 4.69) is 15.0 Å². The van der Waals surface area contributed by atoms with E-state index in [1.54, 1.807) is 26.1 Å². The summed E-state index contributed by atoms with van der Waals surface area (Å²) in [7, 11) is 1.68. The topological polar surface area (TPSA) is 54.5 Å². The van der Waals surface area contributed by atoms with Crippen LogP contribution in [0, 0.1) is 0 Å². The fourth-order valence-electron chi connectivity index (χ4n) is 2.66. The van der Waals surface area contributed by atoms with E-state index >= 15 is 0 Å². The van der Waals surface area contributed by atoms with Crippen LogP contribution >= 0.6 is 11.3 Å². The summed E-state index contributed by atoms with van der Waals surface area (Å²) in [6.45, 7) is 0.840. The third-order valence-electron chi connectivity index (χ3n) is 4.18. The van der Waals surface area contributed by atoms with E-state index in [1.165, 1.54) is 28.4 Å². The molecule has 0 aliphatic heterocycles. The fourth-order valence-corrected chi connectivity index (χ4v) is 3.68. The lowest BCUT2D eigenvalue weighted by molar-refractivity contribution is -0.153. The predicted octanol–water partition coefficient (Wildman–Crippen LogP) is 5.14. The maximum atomic E-state index is 12.5. The highest BCUT2D eigenvalue weighted by atomic mass is 32.1. The molecule has 5 nitrogen and oxygen atoms in total. The number of thiazole rings is 1. The highest BCUT2D eigenvalue weighted by molar-refractivity contribution is 7.18. The van der Waals surface area contributed by atoms with Crippen molar-refractivity contribution in [3.05, 3.63) is 59.1 Å². The molecule has 0 saturated heterocycles. The molecule has 29 heavy (non-hydrogen) atoms. The molecule has 1 atom stereocenters. The Labute approximate surface area is 170 Å². The monoisotopic (exact) mass is 423 g/mol. The van der Waals surface area contributed by atoms with Gasteiger partial charge in [-0.05, 0) is 36.8 Å². The van der Waals surface area contributed by atoms with E-state index in [9.17, 15) is 18.0 Å². The van der Waals surface area contributed by atoms with Gasteiger partial charge in [0.15, 0.2) is 6.61 Å². The average Bonchev–Trinajstić information content (AvgIpc) is 3.08. The molecular formula is C20H20F3N3O2S. The number of nitrogens with zero attached hydrogens (tertiary/aromatic N) is 2. The van der Waals surface area contributed by atoms with E-state index in [4.69, 9.17) is 0 Å². The van der Waals surface area contributed by atoms with Crippen LogP contribution in [-0.2, 0) is 6.54 Å². The van der Waals surface area contributed by atoms with Crippen LogP contribution in [-0.4, -0.2) is 35.7 Å². The number of aromatic nitrogens is 1. The minimum atomic E-state index is -4.38. The van der Waals surface area contributed by atoms with Crippen LogP contribution in [0.25, 0.3) is 10.2 Å². The minimum Gasteiger partial charge on any atom is -0.484 e. The van der Waals surface area contributed by atoms with Gasteiger partial charge in [-0.1, -0.05) is 24.3 Å². The number of hydrogen-bond donors (Lipinski definition) is 1. The zero-order valence-corrected chi connectivity index (χ0v) is 16.7. The quantitative estimate of drug-likeness (QED) is 0.597. The minimum absolute atomic E-state index is 0.123. The number of halogens is 3.